The zero-order valence-corrected chi connectivity index (χ0v) is 11.4. The van der Waals surface area contributed by atoms with Gasteiger partial charge in [-0.1, -0.05) is 27.7 Å². The van der Waals surface area contributed by atoms with Crippen molar-refractivity contribution >= 4 is 0 Å². The van der Waals surface area contributed by atoms with Gasteiger partial charge in [-0.3, -0.25) is 0 Å². The molecule has 0 aromatic carbocycles. The highest BCUT2D eigenvalue weighted by atomic mass is 16.3. The van der Waals surface area contributed by atoms with Crippen LogP contribution in [0.15, 0.2) is 0 Å². The Hall–Kier alpha value is -0.0400. The molecule has 0 aromatic rings. The van der Waals surface area contributed by atoms with E-state index in [0.29, 0.717) is 17.4 Å². The predicted molar refractivity (Wildman–Crippen MR) is 68.2 cm³/mol. The minimum atomic E-state index is 0.321. The van der Waals surface area contributed by atoms with E-state index in [0.717, 1.165) is 24.2 Å². The summed E-state index contributed by atoms with van der Waals surface area (Å²) in [6.45, 7) is 9.95. The van der Waals surface area contributed by atoms with Crippen LogP contribution in [0.5, 0.6) is 0 Å². The summed E-state index contributed by atoms with van der Waals surface area (Å²) in [7, 11) is 0. The Bertz CT molecular complexity index is 252. The average Bonchev–Trinajstić information content (AvgIpc) is 2.90. The smallest absolute Gasteiger partial charge is 0.0490 e. The van der Waals surface area contributed by atoms with Crippen molar-refractivity contribution in [2.24, 2.45) is 28.6 Å². The molecule has 1 heteroatoms. The summed E-state index contributed by atoms with van der Waals surface area (Å²) in [6.07, 6.45) is 6.63. The molecule has 0 bridgehead atoms. The van der Waals surface area contributed by atoms with Gasteiger partial charge in [-0.05, 0) is 60.7 Å². The van der Waals surface area contributed by atoms with Gasteiger partial charge in [-0.15, -0.1) is 0 Å². The molecule has 4 unspecified atom stereocenters. The largest absolute Gasteiger partial charge is 0.396 e. The molecular weight excluding hydrogens is 196 g/mol. The quantitative estimate of drug-likeness (QED) is 0.769. The molecule has 0 heterocycles. The van der Waals surface area contributed by atoms with Gasteiger partial charge in [0.25, 0.3) is 0 Å². The first-order valence-corrected chi connectivity index (χ1v) is 7.07. The number of rotatable bonds is 4. The summed E-state index contributed by atoms with van der Waals surface area (Å²) >= 11 is 0. The molecule has 2 saturated carbocycles. The van der Waals surface area contributed by atoms with Gasteiger partial charge in [0.05, 0.1) is 0 Å². The number of hydrogen-bond donors (Lipinski definition) is 1. The Morgan fingerprint density at radius 1 is 1.19 bits per heavy atom. The molecule has 4 atom stereocenters. The minimum Gasteiger partial charge on any atom is -0.396 e. The van der Waals surface area contributed by atoms with E-state index in [1.165, 1.54) is 25.7 Å². The molecule has 94 valence electrons. The summed E-state index contributed by atoms with van der Waals surface area (Å²) in [6, 6.07) is 0. The van der Waals surface area contributed by atoms with E-state index >= 15 is 0 Å². The predicted octanol–water partition coefficient (Wildman–Crippen LogP) is 3.86. The minimum absolute atomic E-state index is 0.321. The molecule has 0 aliphatic heterocycles. The van der Waals surface area contributed by atoms with Crippen molar-refractivity contribution in [3.05, 3.63) is 0 Å². The van der Waals surface area contributed by atoms with Crippen LogP contribution >= 0.6 is 0 Å². The van der Waals surface area contributed by atoms with Crippen LogP contribution < -0.4 is 0 Å². The summed E-state index contributed by atoms with van der Waals surface area (Å²) in [5.74, 6) is 2.59. The Morgan fingerprint density at radius 3 is 2.25 bits per heavy atom. The monoisotopic (exact) mass is 224 g/mol. The number of hydrogen-bond acceptors (Lipinski definition) is 1. The molecule has 2 aliphatic rings. The maximum Gasteiger partial charge on any atom is 0.0490 e. The maximum atomic E-state index is 9.48. The van der Waals surface area contributed by atoms with Gasteiger partial charge in [0, 0.05) is 6.61 Å². The normalized spacial score (nSPS) is 45.9. The van der Waals surface area contributed by atoms with E-state index in [1.54, 1.807) is 0 Å². The lowest BCUT2D eigenvalue weighted by atomic mass is 9.73. The molecule has 16 heavy (non-hydrogen) atoms. The lowest BCUT2D eigenvalue weighted by Gasteiger charge is -2.32. The fourth-order valence-corrected chi connectivity index (χ4v) is 3.87. The molecule has 0 amide bonds. The zero-order valence-electron chi connectivity index (χ0n) is 11.4. The summed E-state index contributed by atoms with van der Waals surface area (Å²) in [5.41, 5.74) is 0.847. The van der Waals surface area contributed by atoms with E-state index in [1.807, 2.05) is 0 Å². The molecule has 1 N–H and O–H groups in total. The van der Waals surface area contributed by atoms with E-state index in [-0.39, 0.29) is 0 Å². The van der Waals surface area contributed by atoms with Crippen LogP contribution in [0.3, 0.4) is 0 Å². The molecule has 2 fully saturated rings. The highest BCUT2D eigenvalue weighted by Gasteiger charge is 2.54. The Balaban J connectivity index is 1.93. The summed E-state index contributed by atoms with van der Waals surface area (Å²) < 4.78 is 0. The van der Waals surface area contributed by atoms with E-state index in [4.69, 9.17) is 0 Å². The van der Waals surface area contributed by atoms with Crippen molar-refractivity contribution in [1.82, 2.24) is 0 Å². The third kappa shape index (κ3) is 1.81. The van der Waals surface area contributed by atoms with Gasteiger partial charge >= 0.3 is 0 Å². The molecule has 0 aromatic heterocycles. The van der Waals surface area contributed by atoms with Crippen molar-refractivity contribution in [2.75, 3.05) is 6.61 Å². The Labute approximate surface area is 101 Å². The van der Waals surface area contributed by atoms with Crippen LogP contribution in [0, 0.1) is 28.6 Å². The van der Waals surface area contributed by atoms with Gasteiger partial charge in [-0.2, -0.15) is 0 Å². The highest BCUT2D eigenvalue weighted by molar-refractivity contribution is 5.03. The van der Waals surface area contributed by atoms with Crippen molar-refractivity contribution in [1.29, 1.82) is 0 Å². The Kier molecular flexibility index (Phi) is 3.11. The number of aliphatic hydroxyl groups excluding tert-OH is 1. The third-order valence-electron chi connectivity index (χ3n) is 6.22. The second-order valence-electron chi connectivity index (χ2n) is 7.01. The van der Waals surface area contributed by atoms with Crippen LogP contribution in [0.1, 0.15) is 59.8 Å². The fourth-order valence-electron chi connectivity index (χ4n) is 3.87. The second kappa shape index (κ2) is 4.01. The van der Waals surface area contributed by atoms with Gasteiger partial charge in [-0.25, -0.2) is 0 Å². The lowest BCUT2D eigenvalue weighted by Crippen LogP contribution is -2.24. The molecule has 2 aliphatic carbocycles. The van der Waals surface area contributed by atoms with Crippen LogP contribution in [-0.4, -0.2) is 11.7 Å². The summed E-state index contributed by atoms with van der Waals surface area (Å²) in [4.78, 5) is 0. The van der Waals surface area contributed by atoms with Gasteiger partial charge in [0.15, 0.2) is 0 Å². The van der Waals surface area contributed by atoms with Crippen molar-refractivity contribution in [2.45, 2.75) is 59.8 Å². The second-order valence-corrected chi connectivity index (χ2v) is 7.01. The maximum absolute atomic E-state index is 9.48. The first-order chi connectivity index (χ1) is 7.46. The molecule has 0 radical (unpaired) electrons. The first-order valence-electron chi connectivity index (χ1n) is 7.07. The lowest BCUT2D eigenvalue weighted by molar-refractivity contribution is 0.154. The van der Waals surface area contributed by atoms with Crippen molar-refractivity contribution in [3.63, 3.8) is 0 Å². The third-order valence-corrected chi connectivity index (χ3v) is 6.22. The molecule has 0 spiro atoms. The van der Waals surface area contributed by atoms with Gasteiger partial charge in [0.2, 0.25) is 0 Å². The first kappa shape index (κ1) is 12.4. The van der Waals surface area contributed by atoms with E-state index in [2.05, 4.69) is 27.7 Å². The Morgan fingerprint density at radius 2 is 1.88 bits per heavy atom. The SMILES string of the molecule is CCC1(CO)CC1CC1CCC(C)C1(C)C. The highest BCUT2D eigenvalue weighted by Crippen LogP contribution is 2.61. The summed E-state index contributed by atoms with van der Waals surface area (Å²) in [5, 5.41) is 9.48. The molecule has 2 rings (SSSR count). The standard InChI is InChI=1S/C15H28O/c1-5-15(10-16)9-13(15)8-12-7-6-11(2)14(12,3)4/h11-13,16H,5-10H2,1-4H3. The molecule has 1 nitrogen and oxygen atoms in total. The van der Waals surface area contributed by atoms with Crippen LogP contribution in [0.2, 0.25) is 0 Å². The van der Waals surface area contributed by atoms with Crippen LogP contribution in [0.25, 0.3) is 0 Å². The topological polar surface area (TPSA) is 20.2 Å². The van der Waals surface area contributed by atoms with Gasteiger partial charge in [0.1, 0.15) is 0 Å². The van der Waals surface area contributed by atoms with Crippen molar-refractivity contribution in [3.8, 4) is 0 Å². The van der Waals surface area contributed by atoms with E-state index < -0.39 is 0 Å². The van der Waals surface area contributed by atoms with Crippen molar-refractivity contribution < 1.29 is 5.11 Å². The molecular formula is C15H28O. The fraction of sp³-hybridized carbons (Fsp3) is 1.00. The van der Waals surface area contributed by atoms with E-state index in [9.17, 15) is 5.11 Å². The van der Waals surface area contributed by atoms with Crippen LogP contribution in [-0.2, 0) is 0 Å². The molecule has 0 saturated heterocycles. The average molecular weight is 224 g/mol. The number of aliphatic hydroxyl groups is 1. The van der Waals surface area contributed by atoms with Gasteiger partial charge < -0.3 is 5.11 Å². The van der Waals surface area contributed by atoms with Crippen LogP contribution in [0.4, 0.5) is 0 Å². The zero-order chi connectivity index (χ0) is 12.0.